The number of ether oxygens (including phenoxy) is 1. The molecule has 0 saturated carbocycles. The van der Waals surface area contributed by atoms with Crippen molar-refractivity contribution in [1.82, 2.24) is 5.43 Å². The summed E-state index contributed by atoms with van der Waals surface area (Å²) in [6, 6.07) is 9.48. The summed E-state index contributed by atoms with van der Waals surface area (Å²) in [6.45, 7) is 4.49. The Balaban J connectivity index is 2.06. The van der Waals surface area contributed by atoms with E-state index in [2.05, 4.69) is 19.3 Å². The Bertz CT molecular complexity index is 590. The number of furan rings is 1. The van der Waals surface area contributed by atoms with Crippen molar-refractivity contribution in [3.05, 3.63) is 53.5 Å². The summed E-state index contributed by atoms with van der Waals surface area (Å²) in [6.07, 6.45) is 1.36. The summed E-state index contributed by atoms with van der Waals surface area (Å²) in [7, 11) is 0. The lowest BCUT2D eigenvalue weighted by atomic mass is 10.0. The number of carbonyl (C=O) groups is 1. The molecule has 0 bridgehead atoms. The molecule has 2 rings (SSSR count). The summed E-state index contributed by atoms with van der Waals surface area (Å²) in [5.74, 6) is 6.44. The van der Waals surface area contributed by atoms with Crippen LogP contribution in [0.3, 0.4) is 0 Å². The highest BCUT2D eigenvalue weighted by molar-refractivity contribution is 5.93. The second-order valence-electron chi connectivity index (χ2n) is 4.76. The predicted molar refractivity (Wildman–Crippen MR) is 75.2 cm³/mol. The van der Waals surface area contributed by atoms with Crippen LogP contribution in [0.5, 0.6) is 5.75 Å². The van der Waals surface area contributed by atoms with Gasteiger partial charge in [-0.3, -0.25) is 10.2 Å². The van der Waals surface area contributed by atoms with E-state index in [1.807, 2.05) is 24.3 Å². The lowest BCUT2D eigenvalue weighted by Gasteiger charge is -2.12. The Hall–Kier alpha value is -2.27. The number of carbonyl (C=O) groups excluding carboxylic acids is 1. The molecule has 0 aliphatic carbocycles. The van der Waals surface area contributed by atoms with Crippen LogP contribution >= 0.6 is 0 Å². The molecule has 0 radical (unpaired) electrons. The van der Waals surface area contributed by atoms with Gasteiger partial charge < -0.3 is 9.15 Å². The fourth-order valence-electron chi connectivity index (χ4n) is 1.90. The Morgan fingerprint density at radius 3 is 2.85 bits per heavy atom. The lowest BCUT2D eigenvalue weighted by Crippen LogP contribution is -2.29. The van der Waals surface area contributed by atoms with E-state index in [4.69, 9.17) is 15.0 Å². The first-order valence-electron chi connectivity index (χ1n) is 6.42. The van der Waals surface area contributed by atoms with Crippen molar-refractivity contribution in [3.63, 3.8) is 0 Å². The minimum atomic E-state index is -0.386. The highest BCUT2D eigenvalue weighted by atomic mass is 16.5. The number of benzene rings is 1. The minimum Gasteiger partial charge on any atom is -0.485 e. The molecule has 0 spiro atoms. The molecule has 3 N–H and O–H groups in total. The molecule has 20 heavy (non-hydrogen) atoms. The average molecular weight is 274 g/mol. The van der Waals surface area contributed by atoms with Gasteiger partial charge in [-0.05, 0) is 23.6 Å². The van der Waals surface area contributed by atoms with Crippen molar-refractivity contribution in [2.45, 2.75) is 26.4 Å². The van der Waals surface area contributed by atoms with E-state index in [1.54, 1.807) is 6.07 Å². The third kappa shape index (κ3) is 3.19. The van der Waals surface area contributed by atoms with Gasteiger partial charge in [0, 0.05) is 0 Å². The van der Waals surface area contributed by atoms with Crippen LogP contribution in [0, 0.1) is 0 Å². The standard InChI is InChI=1S/C15H18N2O3/c1-10(2)13-5-3-4-6-14(13)20-9-12-7-11(8-19-12)15(18)17-16/h3-8,10H,9,16H2,1-2H3,(H,17,18). The minimum absolute atomic E-state index is 0.265. The Kier molecular flexibility index (Phi) is 4.42. The fourth-order valence-corrected chi connectivity index (χ4v) is 1.90. The summed E-state index contributed by atoms with van der Waals surface area (Å²) in [4.78, 5) is 11.3. The molecule has 0 unspecified atom stereocenters. The van der Waals surface area contributed by atoms with Gasteiger partial charge in [-0.2, -0.15) is 0 Å². The molecule has 0 fully saturated rings. The normalized spacial score (nSPS) is 10.6. The van der Waals surface area contributed by atoms with Crippen LogP contribution in [-0.2, 0) is 6.61 Å². The summed E-state index contributed by atoms with van der Waals surface area (Å²) >= 11 is 0. The largest absolute Gasteiger partial charge is 0.485 e. The van der Waals surface area contributed by atoms with Gasteiger partial charge in [0.05, 0.1) is 5.56 Å². The number of amides is 1. The Labute approximate surface area is 117 Å². The van der Waals surface area contributed by atoms with Crippen molar-refractivity contribution in [1.29, 1.82) is 0 Å². The van der Waals surface area contributed by atoms with Crippen molar-refractivity contribution < 1.29 is 13.9 Å². The number of hydrogen-bond acceptors (Lipinski definition) is 4. The number of nitrogens with two attached hydrogens (primary N) is 1. The second-order valence-corrected chi connectivity index (χ2v) is 4.76. The monoisotopic (exact) mass is 274 g/mol. The van der Waals surface area contributed by atoms with Crippen LogP contribution in [0.2, 0.25) is 0 Å². The molecular weight excluding hydrogens is 256 g/mol. The van der Waals surface area contributed by atoms with Crippen LogP contribution < -0.4 is 16.0 Å². The number of hydrogen-bond donors (Lipinski definition) is 2. The van der Waals surface area contributed by atoms with Crippen LogP contribution in [0.15, 0.2) is 41.0 Å². The molecule has 0 aliphatic heterocycles. The maximum atomic E-state index is 11.3. The first-order chi connectivity index (χ1) is 9.61. The van der Waals surface area contributed by atoms with Crippen molar-refractivity contribution in [2.75, 3.05) is 0 Å². The van der Waals surface area contributed by atoms with Gasteiger partial charge in [-0.25, -0.2) is 5.84 Å². The van der Waals surface area contributed by atoms with Crippen LogP contribution in [0.4, 0.5) is 0 Å². The smallest absolute Gasteiger partial charge is 0.268 e. The van der Waals surface area contributed by atoms with E-state index >= 15 is 0 Å². The molecular formula is C15H18N2O3. The van der Waals surface area contributed by atoms with Crippen LogP contribution in [0.25, 0.3) is 0 Å². The van der Waals surface area contributed by atoms with Crippen LogP contribution in [-0.4, -0.2) is 5.91 Å². The first-order valence-corrected chi connectivity index (χ1v) is 6.42. The van der Waals surface area contributed by atoms with Gasteiger partial charge in [0.25, 0.3) is 5.91 Å². The molecule has 0 saturated heterocycles. The summed E-state index contributed by atoms with van der Waals surface area (Å²) < 4.78 is 11.0. The van der Waals surface area contributed by atoms with E-state index < -0.39 is 0 Å². The summed E-state index contributed by atoms with van der Waals surface area (Å²) in [5, 5.41) is 0. The Morgan fingerprint density at radius 1 is 1.40 bits per heavy atom. The first kappa shape index (κ1) is 14.1. The maximum absolute atomic E-state index is 11.3. The van der Waals surface area contributed by atoms with Gasteiger partial charge >= 0.3 is 0 Å². The number of rotatable bonds is 5. The molecule has 1 aromatic heterocycles. The molecule has 5 heteroatoms. The molecule has 106 valence electrons. The molecule has 1 amide bonds. The van der Waals surface area contributed by atoms with Crippen LogP contribution in [0.1, 0.15) is 41.4 Å². The second kappa shape index (κ2) is 6.25. The number of nitrogens with one attached hydrogen (secondary N) is 1. The van der Waals surface area contributed by atoms with Crippen molar-refractivity contribution in [2.24, 2.45) is 5.84 Å². The van der Waals surface area contributed by atoms with Gasteiger partial charge in [0.15, 0.2) is 0 Å². The summed E-state index contributed by atoms with van der Waals surface area (Å²) in [5.41, 5.74) is 3.57. The van der Waals surface area contributed by atoms with E-state index in [0.717, 1.165) is 11.3 Å². The third-order valence-corrected chi connectivity index (χ3v) is 2.96. The lowest BCUT2D eigenvalue weighted by molar-refractivity contribution is 0.0953. The zero-order valence-corrected chi connectivity index (χ0v) is 11.6. The fraction of sp³-hybridized carbons (Fsp3) is 0.267. The molecule has 5 nitrogen and oxygen atoms in total. The zero-order chi connectivity index (χ0) is 14.5. The van der Waals surface area contributed by atoms with Gasteiger partial charge in [0.2, 0.25) is 0 Å². The number of nitrogen functional groups attached to an aromatic ring is 1. The predicted octanol–water partition coefficient (Wildman–Crippen LogP) is 2.59. The van der Waals surface area contributed by atoms with Crippen molar-refractivity contribution >= 4 is 5.91 Å². The van der Waals surface area contributed by atoms with E-state index in [9.17, 15) is 4.79 Å². The molecule has 1 heterocycles. The average Bonchev–Trinajstić information content (AvgIpc) is 2.93. The van der Waals surface area contributed by atoms with Gasteiger partial charge in [-0.15, -0.1) is 0 Å². The van der Waals surface area contributed by atoms with E-state index in [0.29, 0.717) is 17.2 Å². The molecule has 0 aliphatic rings. The maximum Gasteiger partial charge on any atom is 0.268 e. The van der Waals surface area contributed by atoms with E-state index in [-0.39, 0.29) is 12.5 Å². The molecule has 1 aromatic carbocycles. The van der Waals surface area contributed by atoms with Crippen molar-refractivity contribution in [3.8, 4) is 5.75 Å². The number of hydrazine groups is 1. The topological polar surface area (TPSA) is 77.5 Å². The zero-order valence-electron chi connectivity index (χ0n) is 11.6. The third-order valence-electron chi connectivity index (χ3n) is 2.96. The molecule has 0 atom stereocenters. The number of para-hydroxylation sites is 1. The SMILES string of the molecule is CC(C)c1ccccc1OCc1cc(C(=O)NN)co1. The Morgan fingerprint density at radius 2 is 2.15 bits per heavy atom. The highest BCUT2D eigenvalue weighted by Gasteiger charge is 2.11. The highest BCUT2D eigenvalue weighted by Crippen LogP contribution is 2.26. The van der Waals surface area contributed by atoms with Gasteiger partial charge in [-0.1, -0.05) is 32.0 Å². The quantitative estimate of drug-likeness (QED) is 0.499. The molecule has 2 aromatic rings. The van der Waals surface area contributed by atoms with Gasteiger partial charge in [0.1, 0.15) is 24.4 Å². The van der Waals surface area contributed by atoms with E-state index in [1.165, 1.54) is 6.26 Å².